The predicted molar refractivity (Wildman–Crippen MR) is 46.8 cm³/mol. The zero-order chi connectivity index (χ0) is 9.26. The number of fused-ring (bicyclic) bond motifs is 1. The van der Waals surface area contributed by atoms with Crippen molar-refractivity contribution in [3.8, 4) is 6.07 Å². The van der Waals surface area contributed by atoms with Crippen LogP contribution in [0.2, 0.25) is 0 Å². The van der Waals surface area contributed by atoms with Crippen LogP contribution < -0.4 is 0 Å². The van der Waals surface area contributed by atoms with Crippen molar-refractivity contribution in [2.24, 2.45) is 0 Å². The number of rotatable bonds is 1. The van der Waals surface area contributed by atoms with Gasteiger partial charge in [0.25, 0.3) is 0 Å². The van der Waals surface area contributed by atoms with E-state index in [4.69, 9.17) is 9.68 Å². The first-order valence-corrected chi connectivity index (χ1v) is 3.87. The third-order valence-corrected chi connectivity index (χ3v) is 1.84. The predicted octanol–water partition coefficient (Wildman–Crippen LogP) is 1.99. The van der Waals surface area contributed by atoms with Crippen molar-refractivity contribution in [3.05, 3.63) is 36.1 Å². The second kappa shape index (κ2) is 2.92. The molecule has 64 valence electrons. The maximum Gasteiger partial charge on any atom is 0.198 e. The van der Waals surface area contributed by atoms with Gasteiger partial charge in [-0.3, -0.25) is 0 Å². The molecule has 0 saturated carbocycles. The summed E-state index contributed by atoms with van der Waals surface area (Å²) < 4.78 is 5.25. The van der Waals surface area contributed by atoms with E-state index in [0.29, 0.717) is 11.3 Å². The van der Waals surface area contributed by atoms with E-state index in [0.717, 1.165) is 5.39 Å². The summed E-state index contributed by atoms with van der Waals surface area (Å²) in [5.41, 5.74) is 0.687. The lowest BCUT2D eigenvalue weighted by atomic mass is 10.2. The molecular formula is C10H7NO2. The molecule has 0 aliphatic rings. The van der Waals surface area contributed by atoms with Crippen molar-refractivity contribution in [2.75, 3.05) is 0 Å². The standard InChI is InChI=1S/C10H7NO2/c11-6-8(12)10-5-7-3-1-2-4-9(7)13-10/h1-5,8,12H/t8-/m0/s1. The maximum atomic E-state index is 9.18. The first-order chi connectivity index (χ1) is 6.31. The third kappa shape index (κ3) is 1.28. The van der Waals surface area contributed by atoms with Gasteiger partial charge in [-0.05, 0) is 12.1 Å². The molecule has 0 bridgehead atoms. The van der Waals surface area contributed by atoms with Crippen LogP contribution in [0, 0.1) is 11.3 Å². The molecule has 0 radical (unpaired) electrons. The van der Waals surface area contributed by atoms with Crippen molar-refractivity contribution >= 4 is 11.0 Å². The Morgan fingerprint density at radius 2 is 2.15 bits per heavy atom. The van der Waals surface area contributed by atoms with Crippen LogP contribution >= 0.6 is 0 Å². The van der Waals surface area contributed by atoms with Gasteiger partial charge in [0.1, 0.15) is 17.4 Å². The lowest BCUT2D eigenvalue weighted by Gasteiger charge is -1.92. The first-order valence-electron chi connectivity index (χ1n) is 3.87. The van der Waals surface area contributed by atoms with Crippen LogP contribution in [0.3, 0.4) is 0 Å². The van der Waals surface area contributed by atoms with E-state index in [1.807, 2.05) is 18.2 Å². The maximum absolute atomic E-state index is 9.18. The molecule has 0 unspecified atom stereocenters. The smallest absolute Gasteiger partial charge is 0.198 e. The first kappa shape index (κ1) is 7.84. The number of furan rings is 1. The summed E-state index contributed by atoms with van der Waals surface area (Å²) in [4.78, 5) is 0. The molecule has 0 aliphatic heterocycles. The van der Waals surface area contributed by atoms with Gasteiger partial charge in [0.05, 0.1) is 0 Å². The quantitative estimate of drug-likeness (QED) is 0.671. The summed E-state index contributed by atoms with van der Waals surface area (Å²) in [7, 11) is 0. The number of hydrogen-bond acceptors (Lipinski definition) is 3. The molecule has 1 aromatic heterocycles. The van der Waals surface area contributed by atoms with E-state index in [1.54, 1.807) is 18.2 Å². The fraction of sp³-hybridized carbons (Fsp3) is 0.100. The fourth-order valence-corrected chi connectivity index (χ4v) is 1.20. The van der Waals surface area contributed by atoms with E-state index in [-0.39, 0.29) is 0 Å². The van der Waals surface area contributed by atoms with Crippen molar-refractivity contribution in [2.45, 2.75) is 6.10 Å². The van der Waals surface area contributed by atoms with E-state index in [2.05, 4.69) is 0 Å². The molecule has 1 atom stereocenters. The van der Waals surface area contributed by atoms with Crippen LogP contribution in [0.25, 0.3) is 11.0 Å². The molecule has 0 fully saturated rings. The average molecular weight is 173 g/mol. The van der Waals surface area contributed by atoms with E-state index < -0.39 is 6.10 Å². The molecule has 0 saturated heterocycles. The summed E-state index contributed by atoms with van der Waals surface area (Å²) in [5, 5.41) is 18.5. The highest BCUT2D eigenvalue weighted by atomic mass is 16.4. The molecule has 1 aromatic carbocycles. The van der Waals surface area contributed by atoms with Crippen LogP contribution in [0.1, 0.15) is 11.9 Å². The van der Waals surface area contributed by atoms with Gasteiger partial charge in [-0.15, -0.1) is 0 Å². The van der Waals surface area contributed by atoms with Crippen LogP contribution in [-0.4, -0.2) is 5.11 Å². The largest absolute Gasteiger partial charge is 0.457 e. The summed E-state index contributed by atoms with van der Waals surface area (Å²) >= 11 is 0. The van der Waals surface area contributed by atoms with Gasteiger partial charge < -0.3 is 9.52 Å². The molecule has 3 nitrogen and oxygen atoms in total. The Morgan fingerprint density at radius 3 is 2.85 bits per heavy atom. The molecule has 0 spiro atoms. The van der Waals surface area contributed by atoms with Gasteiger partial charge in [-0.2, -0.15) is 5.26 Å². The van der Waals surface area contributed by atoms with Gasteiger partial charge in [0.15, 0.2) is 6.10 Å². The molecule has 1 N–H and O–H groups in total. The van der Waals surface area contributed by atoms with Crippen molar-refractivity contribution < 1.29 is 9.52 Å². The minimum absolute atomic E-state index is 0.295. The number of aliphatic hydroxyl groups is 1. The summed E-state index contributed by atoms with van der Waals surface area (Å²) in [6.45, 7) is 0. The summed E-state index contributed by atoms with van der Waals surface area (Å²) in [5.74, 6) is 0.295. The zero-order valence-corrected chi connectivity index (χ0v) is 6.77. The number of nitriles is 1. The van der Waals surface area contributed by atoms with Gasteiger partial charge in [-0.25, -0.2) is 0 Å². The van der Waals surface area contributed by atoms with Crippen molar-refractivity contribution in [1.29, 1.82) is 5.26 Å². The van der Waals surface area contributed by atoms with Crippen LogP contribution in [0.15, 0.2) is 34.7 Å². The molecule has 13 heavy (non-hydrogen) atoms. The third-order valence-electron chi connectivity index (χ3n) is 1.84. The van der Waals surface area contributed by atoms with Crippen molar-refractivity contribution in [1.82, 2.24) is 0 Å². The zero-order valence-electron chi connectivity index (χ0n) is 6.77. The Morgan fingerprint density at radius 1 is 1.38 bits per heavy atom. The van der Waals surface area contributed by atoms with E-state index in [9.17, 15) is 5.11 Å². The normalized spacial score (nSPS) is 12.6. The highest BCUT2D eigenvalue weighted by molar-refractivity contribution is 5.77. The Hall–Kier alpha value is -1.79. The molecule has 0 amide bonds. The minimum atomic E-state index is -1.17. The average Bonchev–Trinajstić information content (AvgIpc) is 2.59. The topological polar surface area (TPSA) is 57.2 Å². The highest BCUT2D eigenvalue weighted by Gasteiger charge is 2.11. The van der Waals surface area contributed by atoms with Crippen molar-refractivity contribution in [3.63, 3.8) is 0 Å². The van der Waals surface area contributed by atoms with Crippen LogP contribution in [0.4, 0.5) is 0 Å². The summed E-state index contributed by atoms with van der Waals surface area (Å²) in [6, 6.07) is 10.8. The monoisotopic (exact) mass is 173 g/mol. The number of aliphatic hydroxyl groups excluding tert-OH is 1. The molecule has 2 rings (SSSR count). The lowest BCUT2D eigenvalue weighted by molar-refractivity contribution is 0.207. The summed E-state index contributed by atoms with van der Waals surface area (Å²) in [6.07, 6.45) is -1.17. The van der Waals surface area contributed by atoms with Crippen LogP contribution in [-0.2, 0) is 0 Å². The van der Waals surface area contributed by atoms with E-state index >= 15 is 0 Å². The van der Waals surface area contributed by atoms with Gasteiger partial charge >= 0.3 is 0 Å². The molecule has 3 heteroatoms. The Balaban J connectivity index is 2.57. The molecule has 1 heterocycles. The molecule has 0 aliphatic carbocycles. The Labute approximate surface area is 74.8 Å². The minimum Gasteiger partial charge on any atom is -0.457 e. The van der Waals surface area contributed by atoms with Gasteiger partial charge in [-0.1, -0.05) is 18.2 Å². The number of benzene rings is 1. The van der Waals surface area contributed by atoms with Crippen LogP contribution in [0.5, 0.6) is 0 Å². The van der Waals surface area contributed by atoms with Gasteiger partial charge in [0, 0.05) is 5.39 Å². The fourth-order valence-electron chi connectivity index (χ4n) is 1.20. The Kier molecular flexibility index (Phi) is 1.76. The van der Waals surface area contributed by atoms with Gasteiger partial charge in [0.2, 0.25) is 0 Å². The van der Waals surface area contributed by atoms with E-state index in [1.165, 1.54) is 0 Å². The number of nitrogens with zero attached hydrogens (tertiary/aromatic N) is 1. The lowest BCUT2D eigenvalue weighted by Crippen LogP contribution is -1.88. The molecular weight excluding hydrogens is 166 g/mol. The Bertz CT molecular complexity index is 434. The second-order valence-corrected chi connectivity index (χ2v) is 2.72. The second-order valence-electron chi connectivity index (χ2n) is 2.72. The number of para-hydroxylation sites is 1. The number of hydrogen-bond donors (Lipinski definition) is 1. The SMILES string of the molecule is N#C[C@H](O)c1cc2ccccc2o1. The molecule has 2 aromatic rings. The highest BCUT2D eigenvalue weighted by Crippen LogP contribution is 2.22.